The maximum atomic E-state index is 11.5. The van der Waals surface area contributed by atoms with E-state index < -0.39 is 35.8 Å². The molecule has 6 nitrogen and oxygen atoms in total. The molecule has 1 aliphatic heterocycles. The van der Waals surface area contributed by atoms with Gasteiger partial charge in [-0.3, -0.25) is 0 Å². The van der Waals surface area contributed by atoms with Gasteiger partial charge in [-0.1, -0.05) is 103 Å². The van der Waals surface area contributed by atoms with Crippen LogP contribution in [0.3, 0.4) is 0 Å². The fourth-order valence-electron chi connectivity index (χ4n) is 4.20. The van der Waals surface area contributed by atoms with Crippen molar-refractivity contribution in [2.45, 2.75) is 128 Å². The Kier molecular flexibility index (Phi) is 13.8. The third-order valence-electron chi connectivity index (χ3n) is 6.21. The van der Waals surface area contributed by atoms with Gasteiger partial charge in [0.05, 0.1) is 6.61 Å². The van der Waals surface area contributed by atoms with Crippen molar-refractivity contribution in [2.24, 2.45) is 0 Å². The first kappa shape index (κ1) is 26.8. The zero-order valence-electron chi connectivity index (χ0n) is 18.9. The Morgan fingerprint density at radius 1 is 0.767 bits per heavy atom. The third-order valence-corrected chi connectivity index (χ3v) is 6.21. The molecule has 176 valence electrons. The molecule has 1 rings (SSSR count). The highest BCUT2D eigenvalue weighted by Gasteiger charge is 2.53. The van der Waals surface area contributed by atoms with Gasteiger partial charge in [-0.2, -0.15) is 0 Å². The average molecular weight is 429 g/mol. The van der Waals surface area contributed by atoms with Crippen LogP contribution in [0.2, 0.25) is 0 Å². The van der Waals surface area contributed by atoms with Crippen molar-refractivity contribution in [1.82, 2.24) is 0 Å². The average Bonchev–Trinajstić information content (AvgIpc) is 2.97. The largest absolute Gasteiger partial charge is 0.505 e. The molecule has 4 N–H and O–H groups in total. The lowest BCUT2D eigenvalue weighted by Gasteiger charge is -2.31. The fourth-order valence-corrected chi connectivity index (χ4v) is 4.20. The minimum Gasteiger partial charge on any atom is -0.505 e. The van der Waals surface area contributed by atoms with E-state index in [-0.39, 0.29) is 6.42 Å². The van der Waals surface area contributed by atoms with E-state index in [1.807, 2.05) is 0 Å². The summed E-state index contributed by atoms with van der Waals surface area (Å²) in [6.45, 7) is 1.59. The molecule has 0 saturated heterocycles. The molecule has 0 bridgehead atoms. The van der Waals surface area contributed by atoms with Gasteiger partial charge in [0, 0.05) is 0 Å². The van der Waals surface area contributed by atoms with E-state index >= 15 is 0 Å². The number of esters is 1. The first-order chi connectivity index (χ1) is 14.5. The second-order valence-electron chi connectivity index (χ2n) is 8.73. The van der Waals surface area contributed by atoms with Gasteiger partial charge in [0.15, 0.2) is 5.76 Å². The molecule has 0 aromatic carbocycles. The van der Waals surface area contributed by atoms with E-state index in [4.69, 9.17) is 4.74 Å². The zero-order chi connectivity index (χ0) is 22.2. The summed E-state index contributed by atoms with van der Waals surface area (Å²) >= 11 is 0. The maximum absolute atomic E-state index is 11.5. The van der Waals surface area contributed by atoms with Crippen molar-refractivity contribution in [1.29, 1.82) is 0 Å². The Hall–Kier alpha value is -1.27. The van der Waals surface area contributed by atoms with Crippen LogP contribution >= 0.6 is 0 Å². The first-order valence-corrected chi connectivity index (χ1v) is 12.1. The van der Waals surface area contributed by atoms with Crippen LogP contribution in [0.15, 0.2) is 11.5 Å². The summed E-state index contributed by atoms with van der Waals surface area (Å²) in [4.78, 5) is 11.5. The van der Waals surface area contributed by atoms with E-state index in [2.05, 4.69) is 6.92 Å². The number of hydrogen-bond acceptors (Lipinski definition) is 6. The molecule has 30 heavy (non-hydrogen) atoms. The number of cyclic esters (lactones) is 1. The molecule has 0 aromatic rings. The Bertz CT molecular complexity index is 504. The van der Waals surface area contributed by atoms with Crippen LogP contribution in [0.25, 0.3) is 0 Å². The normalized spacial score (nSPS) is 20.0. The molecular weight excluding hydrogens is 384 g/mol. The van der Waals surface area contributed by atoms with E-state index in [9.17, 15) is 25.2 Å². The van der Waals surface area contributed by atoms with Crippen LogP contribution in [-0.4, -0.2) is 44.7 Å². The number of rotatable bonds is 19. The number of carbonyl (C=O) groups excluding carboxylic acids is 1. The van der Waals surface area contributed by atoms with Crippen LogP contribution in [0.5, 0.6) is 0 Å². The second-order valence-corrected chi connectivity index (χ2v) is 8.73. The lowest BCUT2D eigenvalue weighted by molar-refractivity contribution is -0.165. The molecule has 0 amide bonds. The van der Waals surface area contributed by atoms with Crippen LogP contribution in [-0.2, 0) is 9.53 Å². The SMILES string of the molecule is CCCCCCCCCCCCCCCCCC[C@]1([C@@H](O)CO)OC(=O)C(O)=C1O. The van der Waals surface area contributed by atoms with Crippen molar-refractivity contribution in [2.75, 3.05) is 6.61 Å². The Morgan fingerprint density at radius 3 is 1.50 bits per heavy atom. The summed E-state index contributed by atoms with van der Waals surface area (Å²) in [5.74, 6) is -2.61. The molecule has 2 atom stereocenters. The summed E-state index contributed by atoms with van der Waals surface area (Å²) in [5, 5.41) is 38.8. The molecular formula is C24H44O6. The van der Waals surface area contributed by atoms with Gasteiger partial charge in [0.2, 0.25) is 11.4 Å². The Labute approximate surface area is 182 Å². The van der Waals surface area contributed by atoms with Gasteiger partial charge in [0.25, 0.3) is 0 Å². The summed E-state index contributed by atoms with van der Waals surface area (Å²) in [5.41, 5.74) is -1.72. The smallest absolute Gasteiger partial charge is 0.378 e. The van der Waals surface area contributed by atoms with Crippen molar-refractivity contribution in [3.8, 4) is 0 Å². The first-order valence-electron chi connectivity index (χ1n) is 12.1. The number of unbranched alkanes of at least 4 members (excludes halogenated alkanes) is 15. The molecule has 0 aliphatic carbocycles. The molecule has 1 heterocycles. The Balaban J connectivity index is 2.02. The van der Waals surface area contributed by atoms with Gasteiger partial charge in [0.1, 0.15) is 6.10 Å². The van der Waals surface area contributed by atoms with E-state index in [0.717, 1.165) is 19.3 Å². The predicted molar refractivity (Wildman–Crippen MR) is 118 cm³/mol. The van der Waals surface area contributed by atoms with Gasteiger partial charge < -0.3 is 25.2 Å². The van der Waals surface area contributed by atoms with Crippen molar-refractivity contribution in [3.05, 3.63) is 11.5 Å². The Morgan fingerprint density at radius 2 is 1.17 bits per heavy atom. The lowest BCUT2D eigenvalue weighted by Crippen LogP contribution is -2.47. The molecule has 0 radical (unpaired) electrons. The highest BCUT2D eigenvalue weighted by molar-refractivity contribution is 5.90. The van der Waals surface area contributed by atoms with E-state index in [0.29, 0.717) is 6.42 Å². The van der Waals surface area contributed by atoms with Gasteiger partial charge in [-0.05, 0) is 12.8 Å². The lowest BCUT2D eigenvalue weighted by atomic mass is 9.88. The van der Waals surface area contributed by atoms with Crippen molar-refractivity contribution < 1.29 is 30.0 Å². The van der Waals surface area contributed by atoms with Crippen LogP contribution in [0, 0.1) is 0 Å². The monoisotopic (exact) mass is 428 g/mol. The molecule has 0 saturated carbocycles. The molecule has 0 fully saturated rings. The maximum Gasteiger partial charge on any atom is 0.378 e. The number of aliphatic hydroxyl groups is 4. The predicted octanol–water partition coefficient (Wildman–Crippen LogP) is 5.61. The number of carbonyl (C=O) groups is 1. The van der Waals surface area contributed by atoms with Gasteiger partial charge in [-0.15, -0.1) is 0 Å². The van der Waals surface area contributed by atoms with Gasteiger partial charge in [-0.25, -0.2) is 4.79 Å². The third kappa shape index (κ3) is 8.84. The van der Waals surface area contributed by atoms with Crippen molar-refractivity contribution in [3.63, 3.8) is 0 Å². The zero-order valence-corrected chi connectivity index (χ0v) is 18.9. The topological polar surface area (TPSA) is 107 Å². The summed E-state index contributed by atoms with van der Waals surface area (Å²) in [7, 11) is 0. The highest BCUT2D eigenvalue weighted by atomic mass is 16.6. The number of aliphatic hydroxyl groups excluding tert-OH is 4. The molecule has 0 unspecified atom stereocenters. The molecule has 0 aromatic heterocycles. The highest BCUT2D eigenvalue weighted by Crippen LogP contribution is 2.37. The molecule has 1 aliphatic rings. The van der Waals surface area contributed by atoms with E-state index in [1.54, 1.807) is 0 Å². The quantitative estimate of drug-likeness (QED) is 0.157. The minimum absolute atomic E-state index is 0.175. The summed E-state index contributed by atoms with van der Waals surface area (Å²) in [6, 6.07) is 0. The summed E-state index contributed by atoms with van der Waals surface area (Å²) < 4.78 is 5.03. The van der Waals surface area contributed by atoms with Gasteiger partial charge >= 0.3 is 5.97 Å². The summed E-state index contributed by atoms with van der Waals surface area (Å²) in [6.07, 6.45) is 18.5. The molecule has 0 spiro atoms. The van der Waals surface area contributed by atoms with Crippen molar-refractivity contribution >= 4 is 5.97 Å². The van der Waals surface area contributed by atoms with Crippen LogP contribution < -0.4 is 0 Å². The molecule has 6 heteroatoms. The fraction of sp³-hybridized carbons (Fsp3) is 0.875. The standard InChI is InChI=1S/C24H44O6/c1-2-3-4-5-6-7-8-9-10-11-12-13-14-15-16-17-18-24(20(26)19-25)22(28)21(27)23(29)30-24/h20,25-28H,2-19H2,1H3/t20-,24+/m0/s1. The second kappa shape index (κ2) is 15.5. The number of hydrogen-bond donors (Lipinski definition) is 4. The number of ether oxygens (including phenoxy) is 1. The van der Waals surface area contributed by atoms with Crippen LogP contribution in [0.1, 0.15) is 116 Å². The van der Waals surface area contributed by atoms with E-state index in [1.165, 1.54) is 77.0 Å². The van der Waals surface area contributed by atoms with Crippen LogP contribution in [0.4, 0.5) is 0 Å². The minimum atomic E-state index is -1.72.